The Morgan fingerprint density at radius 3 is 2.41 bits per heavy atom. The average Bonchev–Trinajstić information content (AvgIpc) is 3.43. The minimum Gasteiger partial charge on any atom is -0.497 e. The minimum absolute atomic E-state index is 0.112. The molecule has 2 aromatic heterocycles. The van der Waals surface area contributed by atoms with Crippen molar-refractivity contribution in [3.05, 3.63) is 117 Å². The van der Waals surface area contributed by atoms with E-state index in [0.29, 0.717) is 17.9 Å². The van der Waals surface area contributed by atoms with E-state index in [4.69, 9.17) is 4.74 Å². The van der Waals surface area contributed by atoms with Gasteiger partial charge >= 0.3 is 0 Å². The van der Waals surface area contributed by atoms with E-state index in [2.05, 4.69) is 74.5 Å². The van der Waals surface area contributed by atoms with Crippen LogP contribution >= 0.6 is 0 Å². The standard InChI is InChI=1S/C32H35N7O2/c1-22-16-26-19-28(32(40)33-29(26)17-23(22)2)30(31-34-35-36-39(31)21-24-8-5-4-6-9-24)38-14-12-37(13-15-38)20-25-10-7-11-27(18-25)41-3/h4-11,16-19,30H,12-15,20-21H2,1-3H3,(H,33,40)/t30-/m0/s1. The number of fused-ring (bicyclic) bond motifs is 1. The number of piperazine rings is 1. The van der Waals surface area contributed by atoms with Gasteiger partial charge in [0.2, 0.25) is 0 Å². The number of aryl methyl sites for hydroxylation is 2. The Balaban J connectivity index is 1.34. The molecule has 9 heteroatoms. The van der Waals surface area contributed by atoms with Gasteiger partial charge in [0.05, 0.1) is 13.7 Å². The molecule has 0 amide bonds. The van der Waals surface area contributed by atoms with Crippen molar-refractivity contribution in [2.75, 3.05) is 33.3 Å². The van der Waals surface area contributed by atoms with Gasteiger partial charge in [0.1, 0.15) is 11.8 Å². The maximum atomic E-state index is 13.7. The van der Waals surface area contributed by atoms with Gasteiger partial charge < -0.3 is 9.72 Å². The summed E-state index contributed by atoms with van der Waals surface area (Å²) in [5.41, 5.74) is 6.04. The lowest BCUT2D eigenvalue weighted by Crippen LogP contribution is -2.48. The summed E-state index contributed by atoms with van der Waals surface area (Å²) in [7, 11) is 1.69. The highest BCUT2D eigenvalue weighted by Crippen LogP contribution is 2.29. The molecule has 1 aliphatic rings. The molecule has 6 rings (SSSR count). The van der Waals surface area contributed by atoms with E-state index in [1.165, 1.54) is 11.1 Å². The molecule has 1 fully saturated rings. The first kappa shape index (κ1) is 26.9. The van der Waals surface area contributed by atoms with Gasteiger partial charge in [-0.15, -0.1) is 5.10 Å². The molecule has 9 nitrogen and oxygen atoms in total. The number of nitrogens with one attached hydrogen (secondary N) is 1. The molecule has 1 aliphatic heterocycles. The fraction of sp³-hybridized carbons (Fsp3) is 0.312. The highest BCUT2D eigenvalue weighted by atomic mass is 16.5. The number of aromatic nitrogens is 5. The van der Waals surface area contributed by atoms with E-state index in [0.717, 1.165) is 60.5 Å². The number of tetrazole rings is 1. The molecule has 0 aliphatic carbocycles. The van der Waals surface area contributed by atoms with Crippen LogP contribution in [0.3, 0.4) is 0 Å². The van der Waals surface area contributed by atoms with E-state index in [1.54, 1.807) is 7.11 Å². The van der Waals surface area contributed by atoms with Gasteiger partial charge in [-0.3, -0.25) is 14.6 Å². The van der Waals surface area contributed by atoms with E-state index < -0.39 is 0 Å². The maximum Gasteiger partial charge on any atom is 0.253 e. The van der Waals surface area contributed by atoms with Crippen molar-refractivity contribution < 1.29 is 4.74 Å². The summed E-state index contributed by atoms with van der Waals surface area (Å²) < 4.78 is 7.24. The zero-order valence-corrected chi connectivity index (χ0v) is 23.7. The third-order valence-corrected chi connectivity index (χ3v) is 8.07. The summed E-state index contributed by atoms with van der Waals surface area (Å²) in [5.74, 6) is 1.54. The fourth-order valence-electron chi connectivity index (χ4n) is 5.68. The number of rotatable bonds is 8. The predicted octanol–water partition coefficient (Wildman–Crippen LogP) is 4.10. The number of aromatic amines is 1. The number of pyridine rings is 1. The molecule has 3 heterocycles. The van der Waals surface area contributed by atoms with Crippen LogP contribution in [0.25, 0.3) is 10.9 Å². The lowest BCUT2D eigenvalue weighted by molar-refractivity contribution is 0.0998. The molecule has 0 bridgehead atoms. The average molecular weight is 550 g/mol. The van der Waals surface area contributed by atoms with Crippen molar-refractivity contribution >= 4 is 10.9 Å². The summed E-state index contributed by atoms with van der Waals surface area (Å²) in [5, 5.41) is 13.9. The Bertz CT molecular complexity index is 1700. The summed E-state index contributed by atoms with van der Waals surface area (Å²) >= 11 is 0. The van der Waals surface area contributed by atoms with Crippen LogP contribution in [-0.4, -0.2) is 68.3 Å². The molecule has 210 valence electrons. The van der Waals surface area contributed by atoms with Crippen LogP contribution in [0.5, 0.6) is 5.75 Å². The highest BCUT2D eigenvalue weighted by Gasteiger charge is 2.32. The van der Waals surface area contributed by atoms with Crippen LogP contribution in [0.2, 0.25) is 0 Å². The second kappa shape index (κ2) is 11.6. The van der Waals surface area contributed by atoms with Crippen molar-refractivity contribution in [3.63, 3.8) is 0 Å². The second-order valence-electron chi connectivity index (χ2n) is 10.8. The molecule has 0 unspecified atom stereocenters. The van der Waals surface area contributed by atoms with Crippen LogP contribution in [0.15, 0.2) is 77.6 Å². The van der Waals surface area contributed by atoms with Crippen molar-refractivity contribution in [3.8, 4) is 5.75 Å². The van der Waals surface area contributed by atoms with E-state index >= 15 is 0 Å². The normalized spacial score (nSPS) is 15.3. The van der Waals surface area contributed by atoms with Crippen molar-refractivity contribution in [2.24, 2.45) is 0 Å². The second-order valence-corrected chi connectivity index (χ2v) is 10.8. The highest BCUT2D eigenvalue weighted by molar-refractivity contribution is 5.81. The number of benzene rings is 3. The molecule has 41 heavy (non-hydrogen) atoms. The Morgan fingerprint density at radius 2 is 1.63 bits per heavy atom. The van der Waals surface area contributed by atoms with Gasteiger partial charge in [0.25, 0.3) is 5.56 Å². The minimum atomic E-state index is -0.387. The van der Waals surface area contributed by atoms with Crippen LogP contribution < -0.4 is 10.3 Å². The molecular formula is C32H35N7O2. The Kier molecular flexibility index (Phi) is 7.63. The predicted molar refractivity (Wildman–Crippen MR) is 159 cm³/mol. The van der Waals surface area contributed by atoms with Gasteiger partial charge in [0.15, 0.2) is 5.82 Å². The third-order valence-electron chi connectivity index (χ3n) is 8.07. The number of H-pyrrole nitrogens is 1. The molecule has 3 aromatic carbocycles. The molecular weight excluding hydrogens is 514 g/mol. The molecule has 1 saturated heterocycles. The monoisotopic (exact) mass is 549 g/mol. The summed E-state index contributed by atoms with van der Waals surface area (Å²) in [4.78, 5) is 21.6. The zero-order chi connectivity index (χ0) is 28.3. The Labute approximate surface area is 239 Å². The third kappa shape index (κ3) is 5.77. The summed E-state index contributed by atoms with van der Waals surface area (Å²) in [6, 6.07) is 24.2. The van der Waals surface area contributed by atoms with Crippen molar-refractivity contribution in [1.29, 1.82) is 0 Å². The number of hydrogen-bond donors (Lipinski definition) is 1. The molecule has 0 spiro atoms. The van der Waals surface area contributed by atoms with Gasteiger partial charge in [-0.25, -0.2) is 4.68 Å². The Hall–Kier alpha value is -4.34. The SMILES string of the molecule is COc1cccc(CN2CCN([C@@H](c3cc4cc(C)c(C)cc4[nH]c3=O)c3nnnn3Cc3ccccc3)CC2)c1. The van der Waals surface area contributed by atoms with E-state index in [-0.39, 0.29) is 11.6 Å². The van der Waals surface area contributed by atoms with Crippen LogP contribution in [-0.2, 0) is 13.1 Å². The topological polar surface area (TPSA) is 92.2 Å². The Morgan fingerprint density at radius 1 is 0.878 bits per heavy atom. The molecule has 1 N–H and O–H groups in total. The number of ether oxygens (including phenoxy) is 1. The largest absolute Gasteiger partial charge is 0.497 e. The van der Waals surface area contributed by atoms with Gasteiger partial charge in [0, 0.05) is 43.8 Å². The van der Waals surface area contributed by atoms with Crippen LogP contribution in [0.4, 0.5) is 0 Å². The number of nitrogens with zero attached hydrogens (tertiary/aromatic N) is 6. The molecule has 0 saturated carbocycles. The quantitative estimate of drug-likeness (QED) is 0.312. The first-order valence-electron chi connectivity index (χ1n) is 14.0. The van der Waals surface area contributed by atoms with Gasteiger partial charge in [-0.1, -0.05) is 42.5 Å². The van der Waals surface area contributed by atoms with E-state index in [9.17, 15) is 4.79 Å². The summed E-state index contributed by atoms with van der Waals surface area (Å²) in [6.07, 6.45) is 0. The van der Waals surface area contributed by atoms with Crippen LogP contribution in [0, 0.1) is 13.8 Å². The maximum absolute atomic E-state index is 13.7. The molecule has 1 atom stereocenters. The molecule has 5 aromatic rings. The summed E-state index contributed by atoms with van der Waals surface area (Å²) in [6.45, 7) is 8.80. The molecule has 0 radical (unpaired) electrons. The van der Waals surface area contributed by atoms with Crippen molar-refractivity contribution in [2.45, 2.75) is 33.0 Å². The van der Waals surface area contributed by atoms with Crippen molar-refractivity contribution in [1.82, 2.24) is 35.0 Å². The first-order valence-corrected chi connectivity index (χ1v) is 14.0. The zero-order valence-electron chi connectivity index (χ0n) is 23.7. The van der Waals surface area contributed by atoms with Crippen LogP contribution in [0.1, 0.15) is 39.7 Å². The number of hydrogen-bond acceptors (Lipinski definition) is 7. The number of methoxy groups -OCH3 is 1. The lowest BCUT2D eigenvalue weighted by Gasteiger charge is -2.38. The van der Waals surface area contributed by atoms with Gasteiger partial charge in [-0.05, 0) is 82.2 Å². The van der Waals surface area contributed by atoms with E-state index in [1.807, 2.05) is 47.1 Å². The lowest BCUT2D eigenvalue weighted by atomic mass is 10.00. The fourth-order valence-corrected chi connectivity index (χ4v) is 5.68. The smallest absolute Gasteiger partial charge is 0.253 e. The van der Waals surface area contributed by atoms with Gasteiger partial charge in [-0.2, -0.15) is 0 Å². The first-order chi connectivity index (χ1) is 20.0.